The summed E-state index contributed by atoms with van der Waals surface area (Å²) in [7, 11) is 0. The third-order valence-electron chi connectivity index (χ3n) is 5.82. The molecule has 140 valence electrons. The molecule has 1 amide bonds. The van der Waals surface area contributed by atoms with E-state index >= 15 is 0 Å². The Morgan fingerprint density at radius 2 is 1.74 bits per heavy atom. The zero-order chi connectivity index (χ0) is 19.0. The number of carbonyl (C=O) groups is 1. The second kappa shape index (κ2) is 6.89. The summed E-state index contributed by atoms with van der Waals surface area (Å²) >= 11 is 0. The van der Waals surface area contributed by atoms with Crippen molar-refractivity contribution in [2.24, 2.45) is 0 Å². The van der Waals surface area contributed by atoms with E-state index < -0.39 is 0 Å². The van der Waals surface area contributed by atoms with Crippen molar-refractivity contribution in [1.29, 1.82) is 0 Å². The standard InChI is InChI=1S/C22H22F2N2O/c1-2-11-25-12-9-22(10-13-25)15-26(20-8-7-18(24)14-19(20)22)21(27)16-3-5-17(23)6-4-16/h2-8,14H,1,9-13,15H2. The summed E-state index contributed by atoms with van der Waals surface area (Å²) in [5.41, 5.74) is 1.89. The number of rotatable bonds is 3. The summed E-state index contributed by atoms with van der Waals surface area (Å²) in [5.74, 6) is -0.826. The highest BCUT2D eigenvalue weighted by molar-refractivity contribution is 6.07. The fraction of sp³-hybridized carbons (Fsp3) is 0.318. The summed E-state index contributed by atoms with van der Waals surface area (Å²) in [6.45, 7) is 6.94. The predicted molar refractivity (Wildman–Crippen MR) is 102 cm³/mol. The average molecular weight is 368 g/mol. The van der Waals surface area contributed by atoms with E-state index in [0.717, 1.165) is 43.7 Å². The second-order valence-electron chi connectivity index (χ2n) is 7.43. The molecular formula is C22H22F2N2O. The topological polar surface area (TPSA) is 23.6 Å². The van der Waals surface area contributed by atoms with Crippen LogP contribution in [0.5, 0.6) is 0 Å². The number of anilines is 1. The van der Waals surface area contributed by atoms with Gasteiger partial charge in [-0.2, -0.15) is 0 Å². The highest BCUT2D eigenvalue weighted by Crippen LogP contribution is 2.47. The highest BCUT2D eigenvalue weighted by atomic mass is 19.1. The molecule has 1 fully saturated rings. The van der Waals surface area contributed by atoms with Crippen molar-refractivity contribution >= 4 is 11.6 Å². The summed E-state index contributed by atoms with van der Waals surface area (Å²) in [6.07, 6.45) is 3.62. The van der Waals surface area contributed by atoms with Crippen LogP contribution in [0.25, 0.3) is 0 Å². The quantitative estimate of drug-likeness (QED) is 0.760. The Hall–Kier alpha value is -2.53. The summed E-state index contributed by atoms with van der Waals surface area (Å²) in [5, 5.41) is 0. The van der Waals surface area contributed by atoms with E-state index in [1.165, 1.54) is 30.3 Å². The highest BCUT2D eigenvalue weighted by Gasteiger charge is 2.46. The van der Waals surface area contributed by atoms with E-state index in [0.29, 0.717) is 12.1 Å². The Bertz CT molecular complexity index is 870. The predicted octanol–water partition coefficient (Wildman–Crippen LogP) is 4.14. The lowest BCUT2D eigenvalue weighted by molar-refractivity contribution is 0.0977. The van der Waals surface area contributed by atoms with Gasteiger partial charge in [-0.15, -0.1) is 6.58 Å². The number of amides is 1. The van der Waals surface area contributed by atoms with Gasteiger partial charge in [-0.3, -0.25) is 9.69 Å². The Kier molecular flexibility index (Phi) is 4.56. The molecule has 0 bridgehead atoms. The molecule has 0 unspecified atom stereocenters. The molecule has 2 aromatic carbocycles. The van der Waals surface area contributed by atoms with Crippen molar-refractivity contribution in [3.8, 4) is 0 Å². The van der Waals surface area contributed by atoms with Crippen molar-refractivity contribution in [2.75, 3.05) is 31.1 Å². The van der Waals surface area contributed by atoms with Crippen LogP contribution in [0, 0.1) is 11.6 Å². The minimum absolute atomic E-state index is 0.173. The smallest absolute Gasteiger partial charge is 0.258 e. The molecule has 0 atom stereocenters. The van der Waals surface area contributed by atoms with E-state index in [2.05, 4.69) is 11.5 Å². The first-order valence-electron chi connectivity index (χ1n) is 9.23. The van der Waals surface area contributed by atoms with Gasteiger partial charge in [0.1, 0.15) is 11.6 Å². The van der Waals surface area contributed by atoms with Crippen LogP contribution in [0.3, 0.4) is 0 Å². The fourth-order valence-electron chi connectivity index (χ4n) is 4.34. The molecule has 0 N–H and O–H groups in total. The summed E-state index contributed by atoms with van der Waals surface area (Å²) in [4.78, 5) is 17.1. The van der Waals surface area contributed by atoms with Gasteiger partial charge in [0.2, 0.25) is 0 Å². The molecular weight excluding hydrogens is 346 g/mol. The molecule has 0 radical (unpaired) electrons. The summed E-state index contributed by atoms with van der Waals surface area (Å²) < 4.78 is 27.2. The molecule has 1 spiro atoms. The van der Waals surface area contributed by atoms with Crippen molar-refractivity contribution in [3.63, 3.8) is 0 Å². The molecule has 4 rings (SSSR count). The van der Waals surface area contributed by atoms with Gasteiger partial charge >= 0.3 is 0 Å². The fourth-order valence-corrected chi connectivity index (χ4v) is 4.34. The monoisotopic (exact) mass is 368 g/mol. The minimum Gasteiger partial charge on any atom is -0.307 e. The van der Waals surface area contributed by atoms with Crippen LogP contribution in [0.2, 0.25) is 0 Å². The molecule has 3 nitrogen and oxygen atoms in total. The number of likely N-dealkylation sites (tertiary alicyclic amines) is 1. The Morgan fingerprint density at radius 1 is 1.07 bits per heavy atom. The van der Waals surface area contributed by atoms with Crippen LogP contribution in [0.1, 0.15) is 28.8 Å². The molecule has 27 heavy (non-hydrogen) atoms. The Balaban J connectivity index is 1.67. The van der Waals surface area contributed by atoms with E-state index in [9.17, 15) is 13.6 Å². The van der Waals surface area contributed by atoms with E-state index in [1.807, 2.05) is 6.08 Å². The number of nitrogens with zero attached hydrogens (tertiary/aromatic N) is 2. The second-order valence-corrected chi connectivity index (χ2v) is 7.43. The maximum atomic E-state index is 14.0. The van der Waals surface area contributed by atoms with Crippen LogP contribution < -0.4 is 4.90 Å². The Labute approximate surface area is 157 Å². The van der Waals surface area contributed by atoms with Gasteiger partial charge in [0.05, 0.1) is 0 Å². The minimum atomic E-state index is -0.374. The number of fused-ring (bicyclic) bond motifs is 2. The number of hydrogen-bond donors (Lipinski definition) is 0. The van der Waals surface area contributed by atoms with Crippen LogP contribution in [-0.4, -0.2) is 37.0 Å². The van der Waals surface area contributed by atoms with Crippen LogP contribution >= 0.6 is 0 Å². The third-order valence-corrected chi connectivity index (χ3v) is 5.82. The van der Waals surface area contributed by atoms with E-state index in [-0.39, 0.29) is 23.0 Å². The largest absolute Gasteiger partial charge is 0.307 e. The lowest BCUT2D eigenvalue weighted by Gasteiger charge is -2.39. The van der Waals surface area contributed by atoms with E-state index in [4.69, 9.17) is 0 Å². The molecule has 2 aromatic rings. The number of halogens is 2. The van der Waals surface area contributed by atoms with Crippen LogP contribution in [0.15, 0.2) is 55.1 Å². The SMILES string of the molecule is C=CCN1CCC2(CC1)CN(C(=O)c1ccc(F)cc1)c1ccc(F)cc12. The number of carbonyl (C=O) groups excluding carboxylic acids is 1. The first-order valence-corrected chi connectivity index (χ1v) is 9.23. The zero-order valence-corrected chi connectivity index (χ0v) is 15.1. The zero-order valence-electron chi connectivity index (χ0n) is 15.1. The lowest BCUT2D eigenvalue weighted by atomic mass is 9.74. The first kappa shape index (κ1) is 17.9. The van der Waals surface area contributed by atoms with Crippen molar-refractivity contribution < 1.29 is 13.6 Å². The molecule has 2 aliphatic rings. The third kappa shape index (κ3) is 3.16. The van der Waals surface area contributed by atoms with Crippen molar-refractivity contribution in [2.45, 2.75) is 18.3 Å². The number of hydrogen-bond acceptors (Lipinski definition) is 2. The molecule has 2 heterocycles. The maximum absolute atomic E-state index is 14.0. The van der Waals surface area contributed by atoms with Gasteiger partial charge in [0, 0.05) is 29.8 Å². The van der Waals surface area contributed by atoms with E-state index in [1.54, 1.807) is 17.0 Å². The van der Waals surface area contributed by atoms with Crippen molar-refractivity contribution in [3.05, 3.63) is 77.9 Å². The van der Waals surface area contributed by atoms with Gasteiger partial charge in [0.15, 0.2) is 0 Å². The van der Waals surface area contributed by atoms with Gasteiger partial charge in [-0.25, -0.2) is 8.78 Å². The first-order chi connectivity index (χ1) is 13.0. The van der Waals surface area contributed by atoms with Gasteiger partial charge in [0.25, 0.3) is 5.91 Å². The maximum Gasteiger partial charge on any atom is 0.258 e. The van der Waals surface area contributed by atoms with Crippen LogP contribution in [-0.2, 0) is 5.41 Å². The summed E-state index contributed by atoms with van der Waals surface area (Å²) in [6, 6.07) is 10.2. The van der Waals surface area contributed by atoms with Gasteiger partial charge in [-0.05, 0) is 74.0 Å². The Morgan fingerprint density at radius 3 is 2.41 bits per heavy atom. The molecule has 0 saturated carbocycles. The molecule has 5 heteroatoms. The number of piperidine rings is 1. The number of benzene rings is 2. The average Bonchev–Trinajstić information content (AvgIpc) is 2.98. The lowest BCUT2D eigenvalue weighted by Crippen LogP contribution is -2.46. The molecule has 2 aliphatic heterocycles. The van der Waals surface area contributed by atoms with Gasteiger partial charge in [-0.1, -0.05) is 6.08 Å². The molecule has 0 aromatic heterocycles. The molecule has 1 saturated heterocycles. The normalized spacial score (nSPS) is 18.5. The van der Waals surface area contributed by atoms with Crippen LogP contribution in [0.4, 0.5) is 14.5 Å². The molecule has 0 aliphatic carbocycles. The van der Waals surface area contributed by atoms with Crippen molar-refractivity contribution in [1.82, 2.24) is 4.90 Å². The van der Waals surface area contributed by atoms with Gasteiger partial charge < -0.3 is 4.90 Å².